The molecule has 0 radical (unpaired) electrons. The molecule has 0 spiro atoms. The monoisotopic (exact) mass is 244 g/mol. The molecule has 0 bridgehead atoms. The Hall–Kier alpha value is -2.08. The van der Waals surface area contributed by atoms with Gasteiger partial charge in [0.05, 0.1) is 12.7 Å². The van der Waals surface area contributed by atoms with Gasteiger partial charge in [0, 0.05) is 12.0 Å². The fourth-order valence-corrected chi connectivity index (χ4v) is 1.36. The van der Waals surface area contributed by atoms with Gasteiger partial charge in [-0.25, -0.2) is 4.79 Å². The number of ketones is 1. The van der Waals surface area contributed by atoms with Gasteiger partial charge >= 0.3 is 5.97 Å². The van der Waals surface area contributed by atoms with E-state index in [-0.39, 0.29) is 5.78 Å². The van der Waals surface area contributed by atoms with Gasteiger partial charge in [0.2, 0.25) is 5.78 Å². The number of rotatable bonds is 4. The maximum atomic E-state index is 11.7. The number of carbonyl (C=O) groups excluding carboxylic acids is 2. The van der Waals surface area contributed by atoms with Crippen molar-refractivity contribution in [3.8, 4) is 11.8 Å². The van der Waals surface area contributed by atoms with Crippen molar-refractivity contribution in [2.45, 2.75) is 26.2 Å². The van der Waals surface area contributed by atoms with E-state index in [1.807, 2.05) is 0 Å². The molecule has 0 aliphatic rings. The highest BCUT2D eigenvalue weighted by Crippen LogP contribution is 2.06. The molecule has 0 saturated heterocycles. The van der Waals surface area contributed by atoms with E-state index < -0.39 is 5.97 Å². The number of carbonyl (C=O) groups is 2. The van der Waals surface area contributed by atoms with E-state index in [4.69, 9.17) is 0 Å². The zero-order valence-electron chi connectivity index (χ0n) is 10.7. The number of unbranched alkanes of at least 4 members (excludes halogenated alkanes) is 2. The Balaban J connectivity index is 2.69. The van der Waals surface area contributed by atoms with Gasteiger partial charge in [0.25, 0.3) is 0 Å². The Kier molecular flexibility index (Phi) is 5.66. The molecular weight excluding hydrogens is 228 g/mol. The van der Waals surface area contributed by atoms with Gasteiger partial charge in [-0.15, -0.1) is 0 Å². The fraction of sp³-hybridized carbons (Fsp3) is 0.333. The van der Waals surface area contributed by atoms with Crippen molar-refractivity contribution in [1.29, 1.82) is 0 Å². The Morgan fingerprint density at radius 3 is 2.33 bits per heavy atom. The van der Waals surface area contributed by atoms with E-state index in [9.17, 15) is 9.59 Å². The Bertz CT molecular complexity index is 475. The van der Waals surface area contributed by atoms with Crippen molar-refractivity contribution in [2.24, 2.45) is 0 Å². The second-order valence-electron chi connectivity index (χ2n) is 3.80. The lowest BCUT2D eigenvalue weighted by atomic mass is 10.1. The third kappa shape index (κ3) is 4.06. The molecule has 0 N–H and O–H groups in total. The van der Waals surface area contributed by atoms with E-state index in [2.05, 4.69) is 23.5 Å². The van der Waals surface area contributed by atoms with Gasteiger partial charge in [-0.1, -0.05) is 19.3 Å². The van der Waals surface area contributed by atoms with Gasteiger partial charge in [-0.2, -0.15) is 0 Å². The van der Waals surface area contributed by atoms with Crippen LogP contribution < -0.4 is 0 Å². The maximum absolute atomic E-state index is 11.7. The zero-order valence-corrected chi connectivity index (χ0v) is 10.7. The van der Waals surface area contributed by atoms with E-state index in [0.29, 0.717) is 11.1 Å². The summed E-state index contributed by atoms with van der Waals surface area (Å²) in [7, 11) is 1.32. The molecule has 1 aromatic rings. The maximum Gasteiger partial charge on any atom is 0.337 e. The van der Waals surface area contributed by atoms with Gasteiger partial charge in [-0.3, -0.25) is 4.79 Å². The smallest absolute Gasteiger partial charge is 0.337 e. The standard InChI is InChI=1S/C15H16O3/c1-3-4-5-6-7-14(16)12-8-10-13(11-9-12)15(17)18-2/h8-11H,3-5H2,1-2H3. The number of Topliss-reactive ketones (excluding diaryl/α,β-unsaturated/α-hetero) is 1. The number of ether oxygens (including phenoxy) is 1. The van der Waals surface area contributed by atoms with Crippen LogP contribution in [0.15, 0.2) is 24.3 Å². The quantitative estimate of drug-likeness (QED) is 0.269. The van der Waals surface area contributed by atoms with Crippen molar-refractivity contribution in [3.05, 3.63) is 35.4 Å². The average molecular weight is 244 g/mol. The Labute approximate surface area is 107 Å². The summed E-state index contributed by atoms with van der Waals surface area (Å²) >= 11 is 0. The van der Waals surface area contributed by atoms with Crippen LogP contribution in [0.4, 0.5) is 0 Å². The van der Waals surface area contributed by atoms with Crippen molar-refractivity contribution < 1.29 is 14.3 Å². The third-order valence-electron chi connectivity index (χ3n) is 2.43. The second kappa shape index (κ2) is 7.29. The van der Waals surface area contributed by atoms with Crippen LogP contribution in [0.1, 0.15) is 46.9 Å². The number of esters is 1. The van der Waals surface area contributed by atoms with Crippen LogP contribution in [0.2, 0.25) is 0 Å². The molecule has 94 valence electrons. The minimum absolute atomic E-state index is 0.220. The van der Waals surface area contributed by atoms with Gasteiger partial charge in [0.15, 0.2) is 0 Å². The Morgan fingerprint density at radius 1 is 1.17 bits per heavy atom. The van der Waals surface area contributed by atoms with Crippen LogP contribution >= 0.6 is 0 Å². The van der Waals surface area contributed by atoms with E-state index in [1.165, 1.54) is 7.11 Å². The predicted octanol–water partition coefficient (Wildman–Crippen LogP) is 2.85. The topological polar surface area (TPSA) is 43.4 Å². The molecule has 3 nitrogen and oxygen atoms in total. The molecule has 0 unspecified atom stereocenters. The summed E-state index contributed by atoms with van der Waals surface area (Å²) in [6.45, 7) is 2.08. The minimum atomic E-state index is -0.414. The molecule has 0 amide bonds. The predicted molar refractivity (Wildman–Crippen MR) is 69.4 cm³/mol. The van der Waals surface area contributed by atoms with E-state index in [1.54, 1.807) is 24.3 Å². The van der Waals surface area contributed by atoms with E-state index >= 15 is 0 Å². The highest BCUT2D eigenvalue weighted by molar-refractivity contribution is 6.09. The second-order valence-corrected chi connectivity index (χ2v) is 3.80. The molecule has 0 aliphatic heterocycles. The SMILES string of the molecule is CCCCC#CC(=O)c1ccc(C(=O)OC)cc1. The number of hydrogen-bond donors (Lipinski definition) is 0. The molecule has 18 heavy (non-hydrogen) atoms. The zero-order chi connectivity index (χ0) is 13.4. The summed E-state index contributed by atoms with van der Waals surface area (Å²) in [4.78, 5) is 22.9. The minimum Gasteiger partial charge on any atom is -0.465 e. The first-order valence-corrected chi connectivity index (χ1v) is 5.90. The van der Waals surface area contributed by atoms with Crippen LogP contribution in [0.3, 0.4) is 0 Å². The molecule has 0 fully saturated rings. The summed E-state index contributed by atoms with van der Waals surface area (Å²) in [6, 6.07) is 6.30. The lowest BCUT2D eigenvalue weighted by Gasteiger charge is -1.99. The van der Waals surface area contributed by atoms with Crippen molar-refractivity contribution in [1.82, 2.24) is 0 Å². The lowest BCUT2D eigenvalue weighted by Crippen LogP contribution is -2.02. The molecule has 1 rings (SSSR count). The van der Waals surface area contributed by atoms with Gasteiger partial charge < -0.3 is 4.74 Å². The molecule has 3 heteroatoms. The van der Waals surface area contributed by atoms with Crippen LogP contribution in [0.5, 0.6) is 0 Å². The molecule has 0 heterocycles. The highest BCUT2D eigenvalue weighted by Gasteiger charge is 2.06. The van der Waals surface area contributed by atoms with Crippen molar-refractivity contribution in [2.75, 3.05) is 7.11 Å². The van der Waals surface area contributed by atoms with Crippen molar-refractivity contribution >= 4 is 11.8 Å². The number of hydrogen-bond acceptors (Lipinski definition) is 3. The molecule has 0 aromatic heterocycles. The summed E-state index contributed by atoms with van der Waals surface area (Å²) in [5.74, 6) is 4.80. The normalized spacial score (nSPS) is 9.22. The largest absolute Gasteiger partial charge is 0.465 e. The van der Waals surface area contributed by atoms with Gasteiger partial charge in [-0.05, 0) is 36.6 Å². The van der Waals surface area contributed by atoms with Gasteiger partial charge in [0.1, 0.15) is 0 Å². The third-order valence-corrected chi connectivity index (χ3v) is 2.43. The summed E-state index contributed by atoms with van der Waals surface area (Å²) in [6.07, 6.45) is 2.81. The van der Waals surface area contributed by atoms with Crippen LogP contribution in [-0.2, 0) is 4.74 Å². The molecule has 0 atom stereocenters. The highest BCUT2D eigenvalue weighted by atomic mass is 16.5. The van der Waals surface area contributed by atoms with Crippen molar-refractivity contribution in [3.63, 3.8) is 0 Å². The Morgan fingerprint density at radius 2 is 1.78 bits per heavy atom. The average Bonchev–Trinajstić information content (AvgIpc) is 2.42. The van der Waals surface area contributed by atoms with Crippen LogP contribution in [0, 0.1) is 11.8 Å². The van der Waals surface area contributed by atoms with Crippen LogP contribution in [0.25, 0.3) is 0 Å². The molecule has 0 aliphatic carbocycles. The summed E-state index contributed by atoms with van der Waals surface area (Å²) in [5, 5.41) is 0. The van der Waals surface area contributed by atoms with Crippen LogP contribution in [-0.4, -0.2) is 18.9 Å². The van der Waals surface area contributed by atoms with E-state index in [0.717, 1.165) is 19.3 Å². The fourth-order valence-electron chi connectivity index (χ4n) is 1.36. The first-order valence-electron chi connectivity index (χ1n) is 5.90. The molecular formula is C15H16O3. The molecule has 1 aromatic carbocycles. The first-order chi connectivity index (χ1) is 8.69. The number of methoxy groups -OCH3 is 1. The number of benzene rings is 1. The summed E-state index contributed by atoms with van der Waals surface area (Å²) in [5.41, 5.74) is 0.916. The lowest BCUT2D eigenvalue weighted by molar-refractivity contribution is 0.0600. The summed E-state index contributed by atoms with van der Waals surface area (Å²) < 4.78 is 4.58. The first kappa shape index (κ1) is 14.0. The molecule has 0 saturated carbocycles.